The molecule has 0 bridgehead atoms. The number of nitrogens with one attached hydrogen (secondary N) is 1. The summed E-state index contributed by atoms with van der Waals surface area (Å²) in [7, 11) is 3.19. The zero-order chi connectivity index (χ0) is 12.7. The summed E-state index contributed by atoms with van der Waals surface area (Å²) in [6, 6.07) is 5.15. The van der Waals surface area contributed by atoms with Crippen molar-refractivity contribution in [1.29, 1.82) is 0 Å². The van der Waals surface area contributed by atoms with Gasteiger partial charge in [0.2, 0.25) is 0 Å². The van der Waals surface area contributed by atoms with Crippen molar-refractivity contribution in [2.24, 2.45) is 0 Å². The van der Waals surface area contributed by atoms with Gasteiger partial charge in [-0.05, 0) is 12.5 Å². The van der Waals surface area contributed by atoms with E-state index < -0.39 is 0 Å². The van der Waals surface area contributed by atoms with Gasteiger partial charge < -0.3 is 14.8 Å². The fourth-order valence-electron chi connectivity index (χ4n) is 1.57. The van der Waals surface area contributed by atoms with Gasteiger partial charge >= 0.3 is 0 Å². The average Bonchev–Trinajstić information content (AvgIpc) is 2.35. The number of hydrogen-bond donors (Lipinski definition) is 1. The molecule has 0 saturated carbocycles. The molecular formula is C13H20FNO2. The molecule has 0 heterocycles. The second-order valence-electron chi connectivity index (χ2n) is 3.90. The van der Waals surface area contributed by atoms with Crippen molar-refractivity contribution in [1.82, 2.24) is 5.32 Å². The predicted octanol–water partition coefficient (Wildman–Crippen LogP) is 2.35. The van der Waals surface area contributed by atoms with Crippen LogP contribution < -0.4 is 10.1 Å². The van der Waals surface area contributed by atoms with Gasteiger partial charge in [-0.3, -0.25) is 0 Å². The van der Waals surface area contributed by atoms with E-state index in [1.54, 1.807) is 19.2 Å². The third-order valence-electron chi connectivity index (χ3n) is 2.70. The second kappa shape index (κ2) is 7.25. The van der Waals surface area contributed by atoms with Gasteiger partial charge in [-0.25, -0.2) is 4.39 Å². The fourth-order valence-corrected chi connectivity index (χ4v) is 1.57. The summed E-state index contributed by atoms with van der Waals surface area (Å²) in [5.74, 6) is 0.291. The molecular weight excluding hydrogens is 221 g/mol. The van der Waals surface area contributed by atoms with Gasteiger partial charge in [-0.15, -0.1) is 0 Å². The fraction of sp³-hybridized carbons (Fsp3) is 0.538. The highest BCUT2D eigenvalue weighted by Gasteiger charge is 2.08. The van der Waals surface area contributed by atoms with Crippen LogP contribution in [0.1, 0.15) is 18.9 Å². The third kappa shape index (κ3) is 4.32. The van der Waals surface area contributed by atoms with E-state index in [1.807, 2.05) is 0 Å². The van der Waals surface area contributed by atoms with E-state index in [1.165, 1.54) is 13.2 Å². The largest absolute Gasteiger partial charge is 0.497 e. The lowest BCUT2D eigenvalue weighted by Crippen LogP contribution is -2.32. The first kappa shape index (κ1) is 13.9. The SMILES string of the molecule is CCC(COC)NCc1ccc(OC)cc1F. The molecule has 96 valence electrons. The molecule has 0 aromatic heterocycles. The van der Waals surface area contributed by atoms with Crippen LogP contribution in [0.5, 0.6) is 5.75 Å². The Bertz CT molecular complexity index is 344. The number of benzene rings is 1. The zero-order valence-corrected chi connectivity index (χ0v) is 10.6. The number of rotatable bonds is 7. The Labute approximate surface area is 102 Å². The molecule has 0 spiro atoms. The minimum Gasteiger partial charge on any atom is -0.497 e. The molecule has 1 atom stereocenters. The molecule has 0 aliphatic carbocycles. The molecule has 1 N–H and O–H groups in total. The summed E-state index contributed by atoms with van der Waals surface area (Å²) in [6.45, 7) is 3.20. The van der Waals surface area contributed by atoms with Crippen LogP contribution in [0.15, 0.2) is 18.2 Å². The van der Waals surface area contributed by atoms with Gasteiger partial charge in [0.15, 0.2) is 0 Å². The molecule has 0 amide bonds. The van der Waals surface area contributed by atoms with Gasteiger partial charge in [0.1, 0.15) is 11.6 Å². The van der Waals surface area contributed by atoms with Crippen LogP contribution in [0.2, 0.25) is 0 Å². The lowest BCUT2D eigenvalue weighted by Gasteiger charge is -2.16. The quantitative estimate of drug-likeness (QED) is 0.795. The van der Waals surface area contributed by atoms with Crippen molar-refractivity contribution in [3.05, 3.63) is 29.6 Å². The summed E-state index contributed by atoms with van der Waals surface area (Å²) < 4.78 is 23.7. The van der Waals surface area contributed by atoms with E-state index in [4.69, 9.17) is 9.47 Å². The summed E-state index contributed by atoms with van der Waals surface area (Å²) in [4.78, 5) is 0. The predicted molar refractivity (Wildman–Crippen MR) is 65.7 cm³/mol. The van der Waals surface area contributed by atoms with Crippen LogP contribution in [0.25, 0.3) is 0 Å². The van der Waals surface area contributed by atoms with Gasteiger partial charge in [0.05, 0.1) is 13.7 Å². The first-order chi connectivity index (χ1) is 8.21. The molecule has 0 aliphatic heterocycles. The molecule has 1 rings (SSSR count). The van der Waals surface area contributed by atoms with Crippen LogP contribution in [0.4, 0.5) is 4.39 Å². The molecule has 1 unspecified atom stereocenters. The number of ether oxygens (including phenoxy) is 2. The number of methoxy groups -OCH3 is 2. The normalized spacial score (nSPS) is 12.5. The smallest absolute Gasteiger partial charge is 0.131 e. The van der Waals surface area contributed by atoms with E-state index in [2.05, 4.69) is 12.2 Å². The van der Waals surface area contributed by atoms with E-state index in [9.17, 15) is 4.39 Å². The summed E-state index contributed by atoms with van der Waals surface area (Å²) >= 11 is 0. The molecule has 0 saturated heterocycles. The Morgan fingerprint density at radius 1 is 1.35 bits per heavy atom. The Morgan fingerprint density at radius 2 is 2.12 bits per heavy atom. The summed E-state index contributed by atoms with van der Waals surface area (Å²) in [5, 5.41) is 3.26. The monoisotopic (exact) mass is 241 g/mol. The van der Waals surface area contributed by atoms with E-state index in [0.29, 0.717) is 24.5 Å². The Hall–Kier alpha value is -1.13. The maximum atomic E-state index is 13.6. The molecule has 1 aromatic rings. The van der Waals surface area contributed by atoms with Gasteiger partial charge in [0, 0.05) is 31.3 Å². The number of halogens is 1. The standard InChI is InChI=1S/C13H20FNO2/c1-4-11(9-16-2)15-8-10-5-6-12(17-3)7-13(10)14/h5-7,11,15H,4,8-9H2,1-3H3. The highest BCUT2D eigenvalue weighted by molar-refractivity contribution is 5.28. The lowest BCUT2D eigenvalue weighted by atomic mass is 10.1. The van der Waals surface area contributed by atoms with Crippen LogP contribution in [0, 0.1) is 5.82 Å². The van der Waals surface area contributed by atoms with E-state index in [0.717, 1.165) is 6.42 Å². The van der Waals surface area contributed by atoms with Crippen molar-refractivity contribution in [3.8, 4) is 5.75 Å². The Balaban J connectivity index is 2.56. The maximum absolute atomic E-state index is 13.6. The lowest BCUT2D eigenvalue weighted by molar-refractivity contribution is 0.163. The highest BCUT2D eigenvalue weighted by Crippen LogP contribution is 2.16. The van der Waals surface area contributed by atoms with Crippen molar-refractivity contribution < 1.29 is 13.9 Å². The maximum Gasteiger partial charge on any atom is 0.131 e. The first-order valence-electron chi connectivity index (χ1n) is 5.76. The molecule has 1 aromatic carbocycles. The first-order valence-corrected chi connectivity index (χ1v) is 5.76. The molecule has 17 heavy (non-hydrogen) atoms. The minimum atomic E-state index is -0.246. The second-order valence-corrected chi connectivity index (χ2v) is 3.90. The molecule has 0 aliphatic rings. The Morgan fingerprint density at radius 3 is 2.65 bits per heavy atom. The molecule has 0 fully saturated rings. The van der Waals surface area contributed by atoms with Crippen LogP contribution in [-0.2, 0) is 11.3 Å². The van der Waals surface area contributed by atoms with Crippen molar-refractivity contribution in [2.75, 3.05) is 20.8 Å². The van der Waals surface area contributed by atoms with Gasteiger partial charge in [0.25, 0.3) is 0 Å². The van der Waals surface area contributed by atoms with E-state index >= 15 is 0 Å². The topological polar surface area (TPSA) is 30.5 Å². The molecule has 3 nitrogen and oxygen atoms in total. The van der Waals surface area contributed by atoms with Crippen LogP contribution in [0.3, 0.4) is 0 Å². The van der Waals surface area contributed by atoms with Crippen molar-refractivity contribution in [3.63, 3.8) is 0 Å². The van der Waals surface area contributed by atoms with Crippen LogP contribution >= 0.6 is 0 Å². The van der Waals surface area contributed by atoms with E-state index in [-0.39, 0.29) is 11.9 Å². The summed E-state index contributed by atoms with van der Waals surface area (Å²) in [6.07, 6.45) is 0.950. The van der Waals surface area contributed by atoms with Gasteiger partial charge in [-0.2, -0.15) is 0 Å². The minimum absolute atomic E-state index is 0.246. The highest BCUT2D eigenvalue weighted by atomic mass is 19.1. The third-order valence-corrected chi connectivity index (χ3v) is 2.70. The van der Waals surface area contributed by atoms with Crippen LogP contribution in [-0.4, -0.2) is 26.9 Å². The van der Waals surface area contributed by atoms with Crippen molar-refractivity contribution >= 4 is 0 Å². The zero-order valence-electron chi connectivity index (χ0n) is 10.6. The average molecular weight is 241 g/mol. The van der Waals surface area contributed by atoms with Gasteiger partial charge in [-0.1, -0.05) is 13.0 Å². The molecule has 4 heteroatoms. The molecule has 0 radical (unpaired) electrons. The Kier molecular flexibility index (Phi) is 5.94. The number of hydrogen-bond acceptors (Lipinski definition) is 3. The summed E-state index contributed by atoms with van der Waals surface area (Å²) in [5.41, 5.74) is 0.639. The van der Waals surface area contributed by atoms with Crippen molar-refractivity contribution in [2.45, 2.75) is 25.9 Å².